The van der Waals surface area contributed by atoms with Gasteiger partial charge in [-0.15, -0.1) is 0 Å². The van der Waals surface area contributed by atoms with E-state index < -0.39 is 11.9 Å². The minimum absolute atomic E-state index is 0.0151. The second-order valence-corrected chi connectivity index (χ2v) is 3.14. The van der Waals surface area contributed by atoms with E-state index in [4.69, 9.17) is 11.0 Å². The van der Waals surface area contributed by atoms with Gasteiger partial charge < -0.3 is 9.94 Å². The van der Waals surface area contributed by atoms with Gasteiger partial charge in [-0.1, -0.05) is 29.8 Å². The van der Waals surface area contributed by atoms with E-state index in [-0.39, 0.29) is 6.61 Å². The number of aryl methyl sites for hydroxylation is 1. The molecule has 0 radical (unpaired) electrons. The predicted molar refractivity (Wildman–Crippen MR) is 51.7 cm³/mol. The average Bonchev–Trinajstić information content (AvgIpc) is 2.13. The van der Waals surface area contributed by atoms with Crippen LogP contribution in [0.25, 0.3) is 0 Å². The van der Waals surface area contributed by atoms with Crippen molar-refractivity contribution >= 4 is 5.97 Å². The summed E-state index contributed by atoms with van der Waals surface area (Å²) in [6, 6.07) is 7.30. The minimum Gasteiger partial charge on any atom is -0.481 e. The molecule has 4 nitrogen and oxygen atoms in total. The van der Waals surface area contributed by atoms with Crippen molar-refractivity contribution in [2.45, 2.75) is 12.8 Å². The fourth-order valence-corrected chi connectivity index (χ4v) is 1.29. The van der Waals surface area contributed by atoms with Crippen LogP contribution in [0.5, 0.6) is 0 Å². The third-order valence-electron chi connectivity index (χ3n) is 2.01. The molecule has 1 rings (SSSR count). The van der Waals surface area contributed by atoms with Crippen LogP contribution in [-0.4, -0.2) is 17.7 Å². The lowest BCUT2D eigenvalue weighted by Crippen LogP contribution is -2.19. The van der Waals surface area contributed by atoms with Crippen LogP contribution in [0.2, 0.25) is 0 Å². The molecule has 0 aromatic heterocycles. The maximum Gasteiger partial charge on any atom is 0.313 e. The van der Waals surface area contributed by atoms with Crippen LogP contribution in [0.1, 0.15) is 17.0 Å². The number of benzene rings is 1. The molecule has 0 amide bonds. The first-order chi connectivity index (χ1) is 6.65. The topological polar surface area (TPSA) is 72.5 Å². The molecule has 0 saturated carbocycles. The molecule has 3 N–H and O–H groups in total. The molecule has 1 atom stereocenters. The van der Waals surface area contributed by atoms with Crippen molar-refractivity contribution in [3.05, 3.63) is 35.4 Å². The third kappa shape index (κ3) is 2.55. The number of hydrogen-bond acceptors (Lipinski definition) is 3. The van der Waals surface area contributed by atoms with Gasteiger partial charge in [-0.3, -0.25) is 4.79 Å². The van der Waals surface area contributed by atoms with Gasteiger partial charge in [-0.2, -0.15) is 0 Å². The zero-order valence-corrected chi connectivity index (χ0v) is 7.93. The predicted octanol–water partition coefficient (Wildman–Crippen LogP) is 1.05. The highest BCUT2D eigenvalue weighted by Gasteiger charge is 2.19. The van der Waals surface area contributed by atoms with Crippen molar-refractivity contribution in [2.24, 2.45) is 5.90 Å². The summed E-state index contributed by atoms with van der Waals surface area (Å²) in [5, 5.41) is 8.91. The average molecular weight is 195 g/mol. The Bertz CT molecular complexity index is 325. The Morgan fingerprint density at radius 2 is 2.36 bits per heavy atom. The van der Waals surface area contributed by atoms with E-state index in [0.29, 0.717) is 5.56 Å². The highest BCUT2D eigenvalue weighted by Crippen LogP contribution is 2.17. The molecular formula is C10H13NO3. The molecular weight excluding hydrogens is 182 g/mol. The third-order valence-corrected chi connectivity index (χ3v) is 2.01. The molecule has 4 heteroatoms. The molecule has 0 aliphatic rings. The molecule has 0 saturated heterocycles. The van der Waals surface area contributed by atoms with Gasteiger partial charge in [-0.05, 0) is 12.5 Å². The van der Waals surface area contributed by atoms with E-state index in [1.54, 1.807) is 6.07 Å². The Morgan fingerprint density at radius 3 is 2.86 bits per heavy atom. The molecule has 0 bridgehead atoms. The van der Waals surface area contributed by atoms with Gasteiger partial charge in [0, 0.05) is 0 Å². The van der Waals surface area contributed by atoms with Gasteiger partial charge in [-0.25, -0.2) is 5.90 Å². The fourth-order valence-electron chi connectivity index (χ4n) is 1.29. The monoisotopic (exact) mass is 195 g/mol. The standard InChI is InChI=1S/C10H13NO3/c1-7-3-2-4-8(5-7)9(6-14-11)10(12)13/h2-5,9H,6,11H2,1H3,(H,12,13). The smallest absolute Gasteiger partial charge is 0.313 e. The van der Waals surface area contributed by atoms with Crippen molar-refractivity contribution in [3.63, 3.8) is 0 Å². The Labute approximate surface area is 82.3 Å². The second kappa shape index (κ2) is 4.74. The van der Waals surface area contributed by atoms with Gasteiger partial charge in [0.05, 0.1) is 6.61 Å². The molecule has 0 fully saturated rings. The molecule has 0 aliphatic carbocycles. The Morgan fingerprint density at radius 1 is 1.64 bits per heavy atom. The molecule has 1 aromatic carbocycles. The van der Waals surface area contributed by atoms with Crippen molar-refractivity contribution in [3.8, 4) is 0 Å². The Balaban J connectivity index is 2.93. The number of hydrogen-bond donors (Lipinski definition) is 2. The van der Waals surface area contributed by atoms with Crippen LogP contribution >= 0.6 is 0 Å². The lowest BCUT2D eigenvalue weighted by Gasteiger charge is -2.11. The molecule has 76 valence electrons. The summed E-state index contributed by atoms with van der Waals surface area (Å²) in [6.45, 7) is 1.89. The first-order valence-corrected chi connectivity index (χ1v) is 4.26. The van der Waals surface area contributed by atoms with Gasteiger partial charge >= 0.3 is 5.97 Å². The number of nitrogens with two attached hydrogens (primary N) is 1. The molecule has 0 spiro atoms. The summed E-state index contributed by atoms with van der Waals surface area (Å²) in [5.74, 6) is 3.26. The number of carboxylic acid groups (broad SMARTS) is 1. The summed E-state index contributed by atoms with van der Waals surface area (Å²) in [7, 11) is 0. The first kappa shape index (κ1) is 10.7. The maximum absolute atomic E-state index is 10.9. The van der Waals surface area contributed by atoms with Gasteiger partial charge in [0.25, 0.3) is 0 Å². The van der Waals surface area contributed by atoms with E-state index in [0.717, 1.165) is 5.56 Å². The van der Waals surface area contributed by atoms with E-state index >= 15 is 0 Å². The normalized spacial score (nSPS) is 12.4. The molecule has 0 aliphatic heterocycles. The van der Waals surface area contributed by atoms with Crippen LogP contribution in [0.3, 0.4) is 0 Å². The van der Waals surface area contributed by atoms with E-state index in [2.05, 4.69) is 4.84 Å². The van der Waals surface area contributed by atoms with Gasteiger partial charge in [0.2, 0.25) is 0 Å². The van der Waals surface area contributed by atoms with Crippen molar-refractivity contribution < 1.29 is 14.7 Å². The summed E-state index contributed by atoms with van der Waals surface area (Å²) in [4.78, 5) is 15.2. The fraction of sp³-hybridized carbons (Fsp3) is 0.300. The summed E-state index contributed by atoms with van der Waals surface area (Å²) in [6.07, 6.45) is 0. The summed E-state index contributed by atoms with van der Waals surface area (Å²) in [5.41, 5.74) is 1.73. The second-order valence-electron chi connectivity index (χ2n) is 3.14. The summed E-state index contributed by atoms with van der Waals surface area (Å²) >= 11 is 0. The van der Waals surface area contributed by atoms with Gasteiger partial charge in [0.1, 0.15) is 5.92 Å². The van der Waals surface area contributed by atoms with Crippen molar-refractivity contribution in [2.75, 3.05) is 6.61 Å². The molecule has 0 heterocycles. The number of carboxylic acids is 1. The number of rotatable bonds is 4. The molecule has 14 heavy (non-hydrogen) atoms. The minimum atomic E-state index is -0.930. The lowest BCUT2D eigenvalue weighted by atomic mass is 9.99. The maximum atomic E-state index is 10.9. The van der Waals surface area contributed by atoms with Crippen molar-refractivity contribution in [1.82, 2.24) is 0 Å². The highest BCUT2D eigenvalue weighted by molar-refractivity contribution is 5.76. The zero-order valence-electron chi connectivity index (χ0n) is 7.93. The number of aliphatic carboxylic acids is 1. The van der Waals surface area contributed by atoms with E-state index in [1.807, 2.05) is 25.1 Å². The van der Waals surface area contributed by atoms with Crippen LogP contribution in [0.4, 0.5) is 0 Å². The Hall–Kier alpha value is -1.39. The van der Waals surface area contributed by atoms with E-state index in [1.165, 1.54) is 0 Å². The molecule has 1 aromatic rings. The summed E-state index contributed by atoms with van der Waals surface area (Å²) < 4.78 is 0. The largest absolute Gasteiger partial charge is 0.481 e. The zero-order chi connectivity index (χ0) is 10.6. The van der Waals surface area contributed by atoms with Crippen LogP contribution in [0.15, 0.2) is 24.3 Å². The Kier molecular flexibility index (Phi) is 3.62. The quantitative estimate of drug-likeness (QED) is 0.704. The SMILES string of the molecule is Cc1cccc(C(CON)C(=O)O)c1. The number of carbonyl (C=O) groups is 1. The first-order valence-electron chi connectivity index (χ1n) is 4.26. The lowest BCUT2D eigenvalue weighted by molar-refractivity contribution is -0.140. The highest BCUT2D eigenvalue weighted by atomic mass is 16.6. The van der Waals surface area contributed by atoms with Crippen molar-refractivity contribution in [1.29, 1.82) is 0 Å². The van der Waals surface area contributed by atoms with Crippen LogP contribution in [0, 0.1) is 6.92 Å². The van der Waals surface area contributed by atoms with Crippen LogP contribution < -0.4 is 5.90 Å². The van der Waals surface area contributed by atoms with E-state index in [9.17, 15) is 4.79 Å². The van der Waals surface area contributed by atoms with Gasteiger partial charge in [0.15, 0.2) is 0 Å². The molecule has 1 unspecified atom stereocenters. The van der Waals surface area contributed by atoms with Crippen LogP contribution in [-0.2, 0) is 9.63 Å².